The number of alkyl halides is 1. The van der Waals surface area contributed by atoms with E-state index in [1.165, 1.54) is 30.5 Å². The van der Waals surface area contributed by atoms with E-state index in [1.807, 2.05) is 11.8 Å². The van der Waals surface area contributed by atoms with Crippen LogP contribution in [0.2, 0.25) is 0 Å². The van der Waals surface area contributed by atoms with Crippen molar-refractivity contribution < 1.29 is 32.2 Å². The number of amides is 1. The molecule has 4 fully saturated rings. The number of hydrogen-bond acceptors (Lipinski definition) is 9. The van der Waals surface area contributed by atoms with E-state index in [-0.39, 0.29) is 76.7 Å². The Morgan fingerprint density at radius 2 is 1.89 bits per heavy atom. The third-order valence-electron chi connectivity index (χ3n) is 11.8. The molecular formula is C42H37F4N7O3. The monoisotopic (exact) mass is 763 g/mol. The molecule has 4 aliphatic heterocycles. The van der Waals surface area contributed by atoms with Crippen molar-refractivity contribution in [3.63, 3.8) is 0 Å². The van der Waals surface area contributed by atoms with E-state index in [9.17, 15) is 18.7 Å². The van der Waals surface area contributed by atoms with E-state index in [1.54, 1.807) is 23.2 Å². The molecule has 1 amide bonds. The van der Waals surface area contributed by atoms with Gasteiger partial charge in [0.05, 0.1) is 34.3 Å². The number of fused-ring (bicyclic) bond motifs is 5. The molecule has 0 saturated carbocycles. The number of aryl methyl sites for hydroxylation is 1. The highest BCUT2D eigenvalue weighted by Crippen LogP contribution is 2.43. The first kappa shape index (κ1) is 35.9. The van der Waals surface area contributed by atoms with Crippen LogP contribution >= 0.6 is 0 Å². The Bertz CT molecular complexity index is 2480. The van der Waals surface area contributed by atoms with Crippen LogP contribution in [0.1, 0.15) is 48.9 Å². The molecule has 2 aromatic carbocycles. The van der Waals surface area contributed by atoms with Crippen LogP contribution in [0.4, 0.5) is 23.4 Å². The number of aromatic nitrogens is 4. The average Bonchev–Trinajstić information content (AvgIpc) is 3.80. The van der Waals surface area contributed by atoms with Gasteiger partial charge in [-0.3, -0.25) is 19.7 Å². The summed E-state index contributed by atoms with van der Waals surface area (Å²) in [6, 6.07) is 7.86. The van der Waals surface area contributed by atoms with Gasteiger partial charge in [-0.05, 0) is 74.4 Å². The molecule has 4 aliphatic rings. The van der Waals surface area contributed by atoms with Crippen LogP contribution in [0.25, 0.3) is 39.0 Å². The molecule has 2 bridgehead atoms. The maximum Gasteiger partial charge on any atom is 0.319 e. The topological polar surface area (TPSA) is 108 Å². The van der Waals surface area contributed by atoms with Crippen LogP contribution in [0.5, 0.6) is 11.8 Å². The third-order valence-corrected chi connectivity index (χ3v) is 11.8. The summed E-state index contributed by atoms with van der Waals surface area (Å²) in [7, 11) is 0. The summed E-state index contributed by atoms with van der Waals surface area (Å²) in [5.74, 6) is -0.760. The summed E-state index contributed by atoms with van der Waals surface area (Å²) < 4.78 is 68.4. The van der Waals surface area contributed by atoms with Crippen molar-refractivity contribution in [1.29, 1.82) is 0 Å². The zero-order valence-electron chi connectivity index (χ0n) is 30.5. The minimum Gasteiger partial charge on any atom is -0.508 e. The molecule has 56 heavy (non-hydrogen) atoms. The number of phenolic OH excluding ortho intramolecular Hbond substituents is 1. The highest BCUT2D eigenvalue weighted by atomic mass is 19.1. The van der Waals surface area contributed by atoms with Crippen LogP contribution in [-0.2, 0) is 4.79 Å². The highest BCUT2D eigenvalue weighted by molar-refractivity contribution is 6.03. The predicted molar refractivity (Wildman–Crippen MR) is 202 cm³/mol. The van der Waals surface area contributed by atoms with Gasteiger partial charge in [-0.2, -0.15) is 9.97 Å². The fraction of sp³-hybridized carbons (Fsp3) is 0.357. The largest absolute Gasteiger partial charge is 0.508 e. The average molecular weight is 764 g/mol. The Morgan fingerprint density at radius 1 is 1.09 bits per heavy atom. The first-order chi connectivity index (χ1) is 27.0. The molecular weight excluding hydrogens is 726 g/mol. The van der Waals surface area contributed by atoms with E-state index in [4.69, 9.17) is 16.1 Å². The molecule has 2 unspecified atom stereocenters. The Hall–Kier alpha value is -5.81. The molecule has 3 aromatic heterocycles. The summed E-state index contributed by atoms with van der Waals surface area (Å²) in [5.41, 5.74) is 0.288. The van der Waals surface area contributed by atoms with Crippen LogP contribution < -0.4 is 9.64 Å². The van der Waals surface area contributed by atoms with E-state index < -0.39 is 35.1 Å². The lowest BCUT2D eigenvalue weighted by Crippen LogP contribution is -2.56. The lowest BCUT2D eigenvalue weighted by molar-refractivity contribution is -0.131. The number of piperazine rings is 1. The number of nitrogens with zero attached hydrogens (tertiary/aromatic N) is 7. The standard InChI is InChI=1S/C42H37F4N7O3/c1-3-30-33(44)10-6-24-13-29(54)15-31(35(24)30)37-36(46)38-32(18-48-37)39(50-41(49-38)56-22-42-11-4-12-52(42)19-25(43)16-42)51-20-27-8-9-28(21-51)53(27)40(55)34(45)14-26-7-5-23(2)17-47-26/h1,5-7,10,13-15,17-18,25,27-28,54H,4,8-9,11-12,16,19-22H2,2H3/b34-14-/t25-,27?,28?,42+/m1/s1. The van der Waals surface area contributed by atoms with Crippen molar-refractivity contribution in [2.45, 2.75) is 62.8 Å². The van der Waals surface area contributed by atoms with E-state index in [0.29, 0.717) is 42.7 Å². The third kappa shape index (κ3) is 6.05. The van der Waals surface area contributed by atoms with Crippen LogP contribution in [0.15, 0.2) is 54.6 Å². The number of terminal acetylenes is 1. The Morgan fingerprint density at radius 3 is 2.64 bits per heavy atom. The molecule has 7 heterocycles. The second-order valence-corrected chi connectivity index (χ2v) is 15.3. The number of carbonyl (C=O) groups is 1. The second kappa shape index (κ2) is 13.7. The van der Waals surface area contributed by atoms with Crippen molar-refractivity contribution >= 4 is 39.5 Å². The van der Waals surface area contributed by atoms with Crippen LogP contribution in [0.3, 0.4) is 0 Å². The summed E-state index contributed by atoms with van der Waals surface area (Å²) in [6.45, 7) is 3.55. The fourth-order valence-corrected chi connectivity index (χ4v) is 9.20. The maximum atomic E-state index is 17.1. The van der Waals surface area contributed by atoms with Gasteiger partial charge < -0.3 is 19.6 Å². The first-order valence-corrected chi connectivity index (χ1v) is 18.7. The van der Waals surface area contributed by atoms with Gasteiger partial charge in [0.2, 0.25) is 0 Å². The fourth-order valence-electron chi connectivity index (χ4n) is 9.20. The van der Waals surface area contributed by atoms with Crippen molar-refractivity contribution in [3.05, 3.63) is 83.1 Å². The molecule has 5 aromatic rings. The molecule has 10 nitrogen and oxygen atoms in total. The molecule has 14 heteroatoms. The van der Waals surface area contributed by atoms with Crippen LogP contribution in [0, 0.1) is 30.9 Å². The van der Waals surface area contributed by atoms with E-state index in [2.05, 4.69) is 25.8 Å². The number of halogens is 4. The SMILES string of the molecule is C#Cc1c(F)ccc2cc(O)cc(-c3ncc4c(N5CC6CCC(C5)N6C(=O)/C(F)=C/c5ccc(C)cn5)nc(OC[C@@]56CCCN5C[C@H](F)C6)nc4c3F)c12. The summed E-state index contributed by atoms with van der Waals surface area (Å²) in [5, 5.41) is 11.5. The van der Waals surface area contributed by atoms with Gasteiger partial charge in [-0.1, -0.05) is 18.1 Å². The summed E-state index contributed by atoms with van der Waals surface area (Å²) in [6.07, 6.45) is 12.0. The van der Waals surface area contributed by atoms with Gasteiger partial charge in [0.1, 0.15) is 41.4 Å². The van der Waals surface area contributed by atoms with Gasteiger partial charge in [0, 0.05) is 55.5 Å². The number of rotatable bonds is 7. The van der Waals surface area contributed by atoms with Crippen LogP contribution in [-0.4, -0.2) is 97.3 Å². The Labute approximate surface area is 319 Å². The highest BCUT2D eigenvalue weighted by Gasteiger charge is 2.50. The van der Waals surface area contributed by atoms with Gasteiger partial charge in [0.25, 0.3) is 5.91 Å². The minimum atomic E-state index is -0.991. The number of hydrogen-bond donors (Lipinski definition) is 1. The van der Waals surface area contributed by atoms with Crippen molar-refractivity contribution in [1.82, 2.24) is 29.7 Å². The molecule has 4 atom stereocenters. The van der Waals surface area contributed by atoms with E-state index >= 15 is 8.78 Å². The van der Waals surface area contributed by atoms with Gasteiger partial charge in [-0.25, -0.2) is 17.6 Å². The number of anilines is 1. The lowest BCUT2D eigenvalue weighted by Gasteiger charge is -2.41. The first-order valence-electron chi connectivity index (χ1n) is 18.7. The number of ether oxygens (including phenoxy) is 1. The zero-order chi connectivity index (χ0) is 38.9. The number of phenols is 1. The number of aromatic hydroxyl groups is 1. The smallest absolute Gasteiger partial charge is 0.319 e. The van der Waals surface area contributed by atoms with Gasteiger partial charge in [0.15, 0.2) is 11.6 Å². The molecule has 0 radical (unpaired) electrons. The molecule has 0 aliphatic carbocycles. The second-order valence-electron chi connectivity index (χ2n) is 15.3. The van der Waals surface area contributed by atoms with Crippen molar-refractivity contribution in [2.75, 3.05) is 37.7 Å². The number of carbonyl (C=O) groups excluding carboxylic acids is 1. The Balaban J connectivity index is 1.11. The van der Waals surface area contributed by atoms with Crippen molar-refractivity contribution in [2.24, 2.45) is 0 Å². The van der Waals surface area contributed by atoms with Gasteiger partial charge >= 0.3 is 6.01 Å². The molecule has 0 spiro atoms. The van der Waals surface area contributed by atoms with Gasteiger partial charge in [-0.15, -0.1) is 6.42 Å². The summed E-state index contributed by atoms with van der Waals surface area (Å²) >= 11 is 0. The number of benzene rings is 2. The zero-order valence-corrected chi connectivity index (χ0v) is 30.5. The molecule has 4 saturated heterocycles. The Kier molecular flexibility index (Phi) is 8.80. The summed E-state index contributed by atoms with van der Waals surface area (Å²) in [4.78, 5) is 37.1. The number of pyridine rings is 2. The maximum absolute atomic E-state index is 17.1. The molecule has 9 rings (SSSR count). The quantitative estimate of drug-likeness (QED) is 0.111. The molecule has 1 N–H and O–H groups in total. The predicted octanol–water partition coefficient (Wildman–Crippen LogP) is 6.66. The lowest BCUT2D eigenvalue weighted by atomic mass is 9.95. The minimum absolute atomic E-state index is 0.0657. The molecule has 286 valence electrons. The van der Waals surface area contributed by atoms with E-state index in [0.717, 1.165) is 31.0 Å². The normalized spacial score (nSPS) is 23.6. The van der Waals surface area contributed by atoms with Crippen molar-refractivity contribution in [3.8, 4) is 35.4 Å².